The largest absolute Gasteiger partial charge is 0.481 e. The van der Waals surface area contributed by atoms with Crippen molar-refractivity contribution in [3.05, 3.63) is 71.3 Å². The number of carbonyl (C=O) groups is 1. The molecule has 0 amide bonds. The fourth-order valence-electron chi connectivity index (χ4n) is 2.09. The summed E-state index contributed by atoms with van der Waals surface area (Å²) in [6.07, 6.45) is 0.118. The van der Waals surface area contributed by atoms with Gasteiger partial charge in [-0.15, -0.1) is 0 Å². The van der Waals surface area contributed by atoms with Crippen molar-refractivity contribution < 1.29 is 9.90 Å². The number of carboxylic acids is 1. The third-order valence-electron chi connectivity index (χ3n) is 3.06. The van der Waals surface area contributed by atoms with Crippen LogP contribution >= 0.6 is 0 Å². The highest BCUT2D eigenvalue weighted by atomic mass is 16.4. The molecule has 0 spiro atoms. The first-order valence-electron chi connectivity index (χ1n) is 6.00. The number of hydrogen-bond acceptors (Lipinski definition) is 1. The van der Waals surface area contributed by atoms with Crippen molar-refractivity contribution in [3.63, 3.8) is 0 Å². The Balaban J connectivity index is 2.36. The Morgan fingerprint density at radius 1 is 1.00 bits per heavy atom. The quantitative estimate of drug-likeness (QED) is 0.886. The van der Waals surface area contributed by atoms with E-state index < -0.39 is 5.97 Å². The van der Waals surface area contributed by atoms with Gasteiger partial charge in [0.25, 0.3) is 0 Å². The molecule has 0 saturated carbocycles. The van der Waals surface area contributed by atoms with Crippen LogP contribution in [0.25, 0.3) is 0 Å². The van der Waals surface area contributed by atoms with Gasteiger partial charge in [0, 0.05) is 5.92 Å². The Morgan fingerprint density at radius 3 is 2.11 bits per heavy atom. The Hall–Kier alpha value is -2.09. The van der Waals surface area contributed by atoms with Crippen molar-refractivity contribution in [2.45, 2.75) is 19.3 Å². The molecule has 0 aliphatic rings. The van der Waals surface area contributed by atoms with Crippen LogP contribution in [0.1, 0.15) is 29.0 Å². The van der Waals surface area contributed by atoms with Gasteiger partial charge in [-0.3, -0.25) is 4.79 Å². The van der Waals surface area contributed by atoms with Gasteiger partial charge in [-0.1, -0.05) is 60.2 Å². The standard InChI is InChI=1S/C16H16O2/c1-12-7-9-14(10-8-12)15(11-16(17)18)13-5-3-2-4-6-13/h2-10,15H,11H2,1H3,(H,17,18). The van der Waals surface area contributed by atoms with E-state index in [4.69, 9.17) is 5.11 Å². The van der Waals surface area contributed by atoms with Crippen molar-refractivity contribution in [1.29, 1.82) is 0 Å². The van der Waals surface area contributed by atoms with E-state index in [2.05, 4.69) is 0 Å². The van der Waals surface area contributed by atoms with E-state index in [1.54, 1.807) is 0 Å². The van der Waals surface area contributed by atoms with Gasteiger partial charge in [-0.05, 0) is 18.1 Å². The van der Waals surface area contributed by atoms with E-state index >= 15 is 0 Å². The minimum absolute atomic E-state index is 0.0794. The highest BCUT2D eigenvalue weighted by molar-refractivity contribution is 5.69. The highest BCUT2D eigenvalue weighted by Gasteiger charge is 2.17. The average molecular weight is 240 g/mol. The Morgan fingerprint density at radius 2 is 1.56 bits per heavy atom. The molecule has 2 rings (SSSR count). The molecule has 18 heavy (non-hydrogen) atoms. The summed E-state index contributed by atoms with van der Waals surface area (Å²) in [6.45, 7) is 2.03. The molecule has 2 aromatic carbocycles. The minimum atomic E-state index is -0.774. The van der Waals surface area contributed by atoms with Crippen LogP contribution in [0.3, 0.4) is 0 Å². The van der Waals surface area contributed by atoms with E-state index in [1.807, 2.05) is 61.5 Å². The maximum absolute atomic E-state index is 11.0. The number of hydrogen-bond donors (Lipinski definition) is 1. The second-order valence-electron chi connectivity index (χ2n) is 4.47. The van der Waals surface area contributed by atoms with Crippen LogP contribution in [0.5, 0.6) is 0 Å². The second kappa shape index (κ2) is 5.50. The molecule has 2 nitrogen and oxygen atoms in total. The predicted octanol–water partition coefficient (Wildman–Crippen LogP) is 3.60. The maximum atomic E-state index is 11.0. The lowest BCUT2D eigenvalue weighted by Gasteiger charge is -2.16. The van der Waals surface area contributed by atoms with Gasteiger partial charge >= 0.3 is 5.97 Å². The Labute approximate surface area is 107 Å². The zero-order valence-corrected chi connectivity index (χ0v) is 10.3. The van der Waals surface area contributed by atoms with Gasteiger partial charge in [0.15, 0.2) is 0 Å². The van der Waals surface area contributed by atoms with Crippen molar-refractivity contribution in [3.8, 4) is 0 Å². The van der Waals surface area contributed by atoms with Crippen molar-refractivity contribution in [2.75, 3.05) is 0 Å². The van der Waals surface area contributed by atoms with Crippen molar-refractivity contribution in [2.24, 2.45) is 0 Å². The van der Waals surface area contributed by atoms with Gasteiger partial charge in [-0.2, -0.15) is 0 Å². The number of benzene rings is 2. The molecular weight excluding hydrogens is 224 g/mol. The molecule has 1 unspecified atom stereocenters. The third-order valence-corrected chi connectivity index (χ3v) is 3.06. The SMILES string of the molecule is Cc1ccc(C(CC(=O)O)c2ccccc2)cc1. The van der Waals surface area contributed by atoms with Crippen molar-refractivity contribution >= 4 is 5.97 Å². The van der Waals surface area contributed by atoms with E-state index in [0.29, 0.717) is 0 Å². The monoisotopic (exact) mass is 240 g/mol. The molecule has 1 N–H and O–H groups in total. The summed E-state index contributed by atoms with van der Waals surface area (Å²) in [5.41, 5.74) is 3.28. The number of rotatable bonds is 4. The fourth-order valence-corrected chi connectivity index (χ4v) is 2.09. The lowest BCUT2D eigenvalue weighted by molar-refractivity contribution is -0.137. The number of aryl methyl sites for hydroxylation is 1. The number of carboxylic acid groups (broad SMARTS) is 1. The molecular formula is C16H16O2. The molecule has 0 bridgehead atoms. The zero-order chi connectivity index (χ0) is 13.0. The smallest absolute Gasteiger partial charge is 0.304 e. The summed E-state index contributed by atoms with van der Waals surface area (Å²) in [5, 5.41) is 9.06. The van der Waals surface area contributed by atoms with Crippen LogP contribution in [0.2, 0.25) is 0 Å². The second-order valence-corrected chi connectivity index (χ2v) is 4.47. The normalized spacial score (nSPS) is 12.1. The van der Waals surface area contributed by atoms with Crippen LogP contribution < -0.4 is 0 Å². The van der Waals surface area contributed by atoms with Crippen LogP contribution in [-0.4, -0.2) is 11.1 Å². The van der Waals surface area contributed by atoms with Crippen molar-refractivity contribution in [1.82, 2.24) is 0 Å². The van der Waals surface area contributed by atoms with Gasteiger partial charge in [0.05, 0.1) is 6.42 Å². The summed E-state index contributed by atoms with van der Waals surface area (Å²) >= 11 is 0. The van der Waals surface area contributed by atoms with Gasteiger partial charge in [-0.25, -0.2) is 0 Å². The summed E-state index contributed by atoms with van der Waals surface area (Å²) in [7, 11) is 0. The molecule has 0 radical (unpaired) electrons. The summed E-state index contributed by atoms with van der Waals surface area (Å²) in [6, 6.07) is 17.8. The molecule has 0 heterocycles. The Bertz CT molecular complexity index is 515. The summed E-state index contributed by atoms with van der Waals surface area (Å²) in [4.78, 5) is 11.0. The van der Waals surface area contributed by atoms with Crippen LogP contribution in [-0.2, 0) is 4.79 Å². The topological polar surface area (TPSA) is 37.3 Å². The van der Waals surface area contributed by atoms with Gasteiger partial charge in [0.1, 0.15) is 0 Å². The lowest BCUT2D eigenvalue weighted by Crippen LogP contribution is -2.07. The molecule has 0 aliphatic heterocycles. The van der Waals surface area contributed by atoms with E-state index in [1.165, 1.54) is 5.56 Å². The molecule has 1 atom stereocenters. The van der Waals surface area contributed by atoms with Crippen LogP contribution in [0, 0.1) is 6.92 Å². The van der Waals surface area contributed by atoms with Crippen LogP contribution in [0.15, 0.2) is 54.6 Å². The summed E-state index contributed by atoms with van der Waals surface area (Å²) in [5.74, 6) is -0.853. The highest BCUT2D eigenvalue weighted by Crippen LogP contribution is 2.28. The first-order chi connectivity index (χ1) is 8.66. The fraction of sp³-hybridized carbons (Fsp3) is 0.188. The molecule has 0 fully saturated rings. The van der Waals surface area contributed by atoms with E-state index in [0.717, 1.165) is 11.1 Å². The van der Waals surface area contributed by atoms with Gasteiger partial charge < -0.3 is 5.11 Å². The molecule has 0 saturated heterocycles. The zero-order valence-electron chi connectivity index (χ0n) is 10.3. The lowest BCUT2D eigenvalue weighted by atomic mass is 9.88. The van der Waals surface area contributed by atoms with E-state index in [9.17, 15) is 4.79 Å². The number of aliphatic carboxylic acids is 1. The Kier molecular flexibility index (Phi) is 3.78. The average Bonchev–Trinajstić information content (AvgIpc) is 2.38. The molecule has 2 heteroatoms. The maximum Gasteiger partial charge on any atom is 0.304 e. The summed E-state index contributed by atoms with van der Waals surface area (Å²) < 4.78 is 0. The van der Waals surface area contributed by atoms with Crippen LogP contribution in [0.4, 0.5) is 0 Å². The first kappa shape index (κ1) is 12.4. The first-order valence-corrected chi connectivity index (χ1v) is 6.00. The third kappa shape index (κ3) is 2.98. The van der Waals surface area contributed by atoms with E-state index in [-0.39, 0.29) is 12.3 Å². The molecule has 0 aromatic heterocycles. The predicted molar refractivity (Wildman–Crippen MR) is 71.7 cm³/mol. The minimum Gasteiger partial charge on any atom is -0.481 e. The molecule has 0 aliphatic carbocycles. The molecule has 2 aromatic rings. The van der Waals surface area contributed by atoms with Gasteiger partial charge in [0.2, 0.25) is 0 Å². The molecule has 92 valence electrons.